The molecule has 0 bridgehead atoms. The number of urea groups is 1. The van der Waals surface area contributed by atoms with Crippen molar-refractivity contribution in [3.8, 4) is 11.5 Å². The fourth-order valence-electron chi connectivity index (χ4n) is 3.36. The quantitative estimate of drug-likeness (QED) is 0.875. The van der Waals surface area contributed by atoms with Gasteiger partial charge in [0.05, 0.1) is 19.9 Å². The number of anilines is 1. The number of benzene rings is 2. The minimum absolute atomic E-state index is 0.117. The predicted molar refractivity (Wildman–Crippen MR) is 107 cm³/mol. The maximum Gasteiger partial charge on any atom is 0.322 e. The minimum Gasteiger partial charge on any atom is -0.497 e. The van der Waals surface area contributed by atoms with Crippen molar-refractivity contribution in [1.82, 2.24) is 9.80 Å². The van der Waals surface area contributed by atoms with E-state index in [1.54, 1.807) is 32.4 Å². The number of amides is 2. The largest absolute Gasteiger partial charge is 0.497 e. The Hall–Kier alpha value is -2.73. The number of rotatable bonds is 5. The van der Waals surface area contributed by atoms with Gasteiger partial charge in [0.1, 0.15) is 11.5 Å². The number of hydrogen-bond donors (Lipinski definition) is 1. The number of nitrogens with zero attached hydrogens (tertiary/aromatic N) is 2. The number of ether oxygens (including phenoxy) is 2. The molecule has 0 saturated carbocycles. The van der Waals surface area contributed by atoms with Crippen LogP contribution in [0, 0.1) is 0 Å². The molecule has 1 aliphatic heterocycles. The Morgan fingerprint density at radius 3 is 2.33 bits per heavy atom. The van der Waals surface area contributed by atoms with Crippen LogP contribution in [0.5, 0.6) is 11.5 Å². The van der Waals surface area contributed by atoms with Gasteiger partial charge >= 0.3 is 6.03 Å². The Bertz CT molecular complexity index is 759. The first-order valence-corrected chi connectivity index (χ1v) is 9.19. The van der Waals surface area contributed by atoms with Crippen molar-refractivity contribution in [2.24, 2.45) is 0 Å². The molecule has 1 aliphatic rings. The first-order chi connectivity index (χ1) is 13.1. The molecule has 1 saturated heterocycles. The normalized spacial score (nSPS) is 15.9. The van der Waals surface area contributed by atoms with E-state index in [2.05, 4.69) is 41.4 Å². The fraction of sp³-hybridized carbons (Fsp3) is 0.381. The van der Waals surface area contributed by atoms with Gasteiger partial charge in [-0.25, -0.2) is 4.79 Å². The fourth-order valence-corrected chi connectivity index (χ4v) is 3.36. The van der Waals surface area contributed by atoms with Crippen molar-refractivity contribution in [2.75, 3.05) is 45.7 Å². The number of methoxy groups -OCH3 is 2. The number of carbonyl (C=O) groups excluding carboxylic acids is 1. The zero-order chi connectivity index (χ0) is 19.2. The summed E-state index contributed by atoms with van der Waals surface area (Å²) < 4.78 is 10.6. The molecule has 0 spiro atoms. The molecule has 1 unspecified atom stereocenters. The van der Waals surface area contributed by atoms with Crippen LogP contribution in [0.15, 0.2) is 48.5 Å². The van der Waals surface area contributed by atoms with Crippen molar-refractivity contribution in [1.29, 1.82) is 0 Å². The molecular weight excluding hydrogens is 342 g/mol. The van der Waals surface area contributed by atoms with Gasteiger partial charge in [-0.15, -0.1) is 0 Å². The molecule has 2 aromatic carbocycles. The predicted octanol–water partition coefficient (Wildman–Crippen LogP) is 3.61. The molecule has 27 heavy (non-hydrogen) atoms. The lowest BCUT2D eigenvalue weighted by molar-refractivity contribution is 0.119. The Morgan fingerprint density at radius 1 is 1.00 bits per heavy atom. The van der Waals surface area contributed by atoms with E-state index in [1.165, 1.54) is 5.56 Å². The summed E-state index contributed by atoms with van der Waals surface area (Å²) in [4.78, 5) is 16.9. The van der Waals surface area contributed by atoms with Crippen LogP contribution in [0.3, 0.4) is 0 Å². The van der Waals surface area contributed by atoms with E-state index in [0.29, 0.717) is 36.3 Å². The lowest BCUT2D eigenvalue weighted by atomic mass is 10.1. The molecule has 1 fully saturated rings. The average molecular weight is 369 g/mol. The van der Waals surface area contributed by atoms with Crippen LogP contribution in [0.4, 0.5) is 10.5 Å². The molecule has 0 aliphatic carbocycles. The highest BCUT2D eigenvalue weighted by atomic mass is 16.5. The summed E-state index contributed by atoms with van der Waals surface area (Å²) in [6.07, 6.45) is 0. The Balaban J connectivity index is 1.59. The van der Waals surface area contributed by atoms with Gasteiger partial charge in [-0.3, -0.25) is 4.90 Å². The first-order valence-electron chi connectivity index (χ1n) is 9.19. The second-order valence-corrected chi connectivity index (χ2v) is 6.61. The van der Waals surface area contributed by atoms with Gasteiger partial charge in [-0.05, 0) is 24.6 Å². The average Bonchev–Trinajstić information content (AvgIpc) is 2.73. The summed E-state index contributed by atoms with van der Waals surface area (Å²) in [5, 5.41) is 2.95. The second-order valence-electron chi connectivity index (χ2n) is 6.61. The number of hydrogen-bond acceptors (Lipinski definition) is 4. The zero-order valence-electron chi connectivity index (χ0n) is 16.1. The molecule has 144 valence electrons. The topological polar surface area (TPSA) is 54.0 Å². The number of nitrogens with one attached hydrogen (secondary N) is 1. The summed E-state index contributed by atoms with van der Waals surface area (Å²) >= 11 is 0. The highest BCUT2D eigenvalue weighted by Crippen LogP contribution is 2.29. The van der Waals surface area contributed by atoms with Crippen molar-refractivity contribution < 1.29 is 14.3 Å². The van der Waals surface area contributed by atoms with Gasteiger partial charge in [0.15, 0.2) is 0 Å². The van der Waals surface area contributed by atoms with E-state index >= 15 is 0 Å². The van der Waals surface area contributed by atoms with Crippen LogP contribution in [0.1, 0.15) is 18.5 Å². The zero-order valence-corrected chi connectivity index (χ0v) is 16.1. The molecule has 1 N–H and O–H groups in total. The SMILES string of the molecule is COc1ccc(OC)c(NC(=O)N2CCN(C(C)c3ccccc3)CC2)c1. The molecule has 1 atom stereocenters. The van der Waals surface area contributed by atoms with Crippen LogP contribution in [0.2, 0.25) is 0 Å². The summed E-state index contributed by atoms with van der Waals surface area (Å²) in [6.45, 7) is 5.29. The Labute approximate surface area is 160 Å². The van der Waals surface area contributed by atoms with Gasteiger partial charge in [-0.1, -0.05) is 30.3 Å². The molecule has 2 aromatic rings. The third-order valence-electron chi connectivity index (χ3n) is 5.08. The van der Waals surface area contributed by atoms with Gasteiger partial charge < -0.3 is 19.7 Å². The molecule has 0 radical (unpaired) electrons. The second kappa shape index (κ2) is 8.77. The van der Waals surface area contributed by atoms with E-state index in [4.69, 9.17) is 9.47 Å². The standard InChI is InChI=1S/C21H27N3O3/c1-16(17-7-5-4-6-8-17)23-11-13-24(14-12-23)21(25)22-19-15-18(26-2)9-10-20(19)27-3/h4-10,15-16H,11-14H2,1-3H3,(H,22,25). The van der Waals surface area contributed by atoms with Crippen LogP contribution < -0.4 is 14.8 Å². The number of piperazine rings is 1. The van der Waals surface area contributed by atoms with E-state index in [9.17, 15) is 4.79 Å². The third-order valence-corrected chi connectivity index (χ3v) is 5.08. The maximum absolute atomic E-state index is 12.7. The lowest BCUT2D eigenvalue weighted by Crippen LogP contribution is -2.50. The molecule has 6 heteroatoms. The first kappa shape index (κ1) is 19.0. The van der Waals surface area contributed by atoms with Crippen LogP contribution in [-0.4, -0.2) is 56.2 Å². The van der Waals surface area contributed by atoms with Crippen LogP contribution in [0.25, 0.3) is 0 Å². The van der Waals surface area contributed by atoms with Gasteiger partial charge in [0.2, 0.25) is 0 Å². The van der Waals surface area contributed by atoms with Gasteiger partial charge in [0.25, 0.3) is 0 Å². The highest BCUT2D eigenvalue weighted by Gasteiger charge is 2.25. The third kappa shape index (κ3) is 4.52. The molecular formula is C21H27N3O3. The Morgan fingerprint density at radius 2 is 1.70 bits per heavy atom. The molecule has 1 heterocycles. The summed E-state index contributed by atoms with van der Waals surface area (Å²) in [5.74, 6) is 1.29. The maximum atomic E-state index is 12.7. The molecule has 0 aromatic heterocycles. The van der Waals surface area contributed by atoms with Gasteiger partial charge in [0, 0.05) is 38.3 Å². The van der Waals surface area contributed by atoms with Crippen molar-refractivity contribution in [3.05, 3.63) is 54.1 Å². The van der Waals surface area contributed by atoms with E-state index < -0.39 is 0 Å². The monoisotopic (exact) mass is 369 g/mol. The Kier molecular flexibility index (Phi) is 6.19. The summed E-state index contributed by atoms with van der Waals surface area (Å²) in [5.41, 5.74) is 1.92. The molecule has 3 rings (SSSR count). The van der Waals surface area contributed by atoms with E-state index in [0.717, 1.165) is 13.1 Å². The summed E-state index contributed by atoms with van der Waals surface area (Å²) in [6, 6.07) is 16.1. The van der Waals surface area contributed by atoms with Crippen molar-refractivity contribution >= 4 is 11.7 Å². The molecule has 2 amide bonds. The summed E-state index contributed by atoms with van der Waals surface area (Å²) in [7, 11) is 3.18. The van der Waals surface area contributed by atoms with Crippen molar-refractivity contribution in [2.45, 2.75) is 13.0 Å². The lowest BCUT2D eigenvalue weighted by Gasteiger charge is -2.38. The smallest absolute Gasteiger partial charge is 0.322 e. The van der Waals surface area contributed by atoms with Gasteiger partial charge in [-0.2, -0.15) is 0 Å². The van der Waals surface area contributed by atoms with E-state index in [1.807, 2.05) is 11.0 Å². The van der Waals surface area contributed by atoms with Crippen LogP contribution >= 0.6 is 0 Å². The minimum atomic E-state index is -0.117. The van der Waals surface area contributed by atoms with Crippen LogP contribution in [-0.2, 0) is 0 Å². The van der Waals surface area contributed by atoms with Crippen molar-refractivity contribution in [3.63, 3.8) is 0 Å². The highest BCUT2D eigenvalue weighted by molar-refractivity contribution is 5.91. The molecule has 6 nitrogen and oxygen atoms in total. The number of carbonyl (C=O) groups is 1. The van der Waals surface area contributed by atoms with E-state index in [-0.39, 0.29) is 6.03 Å².